The van der Waals surface area contributed by atoms with Gasteiger partial charge in [-0.15, -0.1) is 0 Å². The molecule has 3 aromatic rings. The lowest BCUT2D eigenvalue weighted by atomic mass is 10.0. The van der Waals surface area contributed by atoms with Gasteiger partial charge in [0.05, 0.1) is 11.5 Å². The van der Waals surface area contributed by atoms with E-state index < -0.39 is 16.0 Å². The number of rotatable bonds is 10. The summed E-state index contributed by atoms with van der Waals surface area (Å²) in [5.41, 5.74) is 4.60. The molecule has 0 saturated carbocycles. The van der Waals surface area contributed by atoms with E-state index in [0.29, 0.717) is 17.2 Å². The van der Waals surface area contributed by atoms with Crippen molar-refractivity contribution in [3.63, 3.8) is 0 Å². The van der Waals surface area contributed by atoms with E-state index in [-0.39, 0.29) is 24.6 Å². The molecule has 182 valence electrons. The van der Waals surface area contributed by atoms with Crippen LogP contribution in [0.4, 0.5) is 0 Å². The van der Waals surface area contributed by atoms with Crippen LogP contribution in [0, 0.1) is 19.8 Å². The van der Waals surface area contributed by atoms with Gasteiger partial charge in [0.2, 0.25) is 10.0 Å². The number of hydrogen-bond donors (Lipinski definition) is 1. The average molecular weight is 483 g/mol. The molecule has 34 heavy (non-hydrogen) atoms. The Morgan fingerprint density at radius 3 is 2.21 bits per heavy atom. The van der Waals surface area contributed by atoms with Crippen LogP contribution in [0.25, 0.3) is 0 Å². The monoisotopic (exact) mass is 482 g/mol. The number of aryl methyl sites for hydroxylation is 1. The minimum absolute atomic E-state index is 0.137. The Morgan fingerprint density at radius 1 is 0.971 bits per heavy atom. The van der Waals surface area contributed by atoms with Crippen molar-refractivity contribution in [1.29, 1.82) is 0 Å². The van der Waals surface area contributed by atoms with Gasteiger partial charge in [-0.05, 0) is 67.5 Å². The molecule has 7 heteroatoms. The molecular formula is C27H34N2O4S. The average Bonchev–Trinajstić information content (AvgIpc) is 3.08. The third kappa shape index (κ3) is 5.96. The van der Waals surface area contributed by atoms with Crippen molar-refractivity contribution in [2.45, 2.75) is 59.0 Å². The molecule has 1 N–H and O–H groups in total. The highest BCUT2D eigenvalue weighted by Gasteiger charge is 2.28. The fraction of sp³-hybridized carbons (Fsp3) is 0.370. The molecule has 3 rings (SSSR count). The topological polar surface area (TPSA) is 79.5 Å². The van der Waals surface area contributed by atoms with Gasteiger partial charge in [0.25, 0.3) is 0 Å². The van der Waals surface area contributed by atoms with E-state index in [1.165, 1.54) is 4.31 Å². The summed E-state index contributed by atoms with van der Waals surface area (Å²) < 4.78 is 34.1. The number of benzene rings is 2. The number of hydrogen-bond acceptors (Lipinski definition) is 4. The van der Waals surface area contributed by atoms with Crippen molar-refractivity contribution in [1.82, 2.24) is 9.29 Å². The molecule has 0 aliphatic heterocycles. The zero-order chi connectivity index (χ0) is 24.9. The van der Waals surface area contributed by atoms with Crippen LogP contribution in [0.5, 0.6) is 0 Å². The lowest BCUT2D eigenvalue weighted by Gasteiger charge is -2.23. The maximum Gasteiger partial charge on any atom is 0.355 e. The summed E-state index contributed by atoms with van der Waals surface area (Å²) in [6.45, 7) is 10.3. The molecule has 0 amide bonds. The van der Waals surface area contributed by atoms with Crippen molar-refractivity contribution >= 4 is 16.0 Å². The maximum atomic E-state index is 13.8. The Hall–Kier alpha value is -2.90. The zero-order valence-corrected chi connectivity index (χ0v) is 21.4. The van der Waals surface area contributed by atoms with Crippen LogP contribution in [-0.4, -0.2) is 30.3 Å². The molecule has 2 aromatic carbocycles. The van der Waals surface area contributed by atoms with Crippen molar-refractivity contribution in [2.75, 3.05) is 6.61 Å². The first-order valence-corrected chi connectivity index (χ1v) is 13.1. The van der Waals surface area contributed by atoms with Crippen LogP contribution in [0.1, 0.15) is 59.2 Å². The first-order chi connectivity index (χ1) is 16.1. The number of esters is 1. The van der Waals surface area contributed by atoms with E-state index in [0.717, 1.165) is 28.8 Å². The fourth-order valence-corrected chi connectivity index (χ4v) is 5.44. The number of ether oxygens (including phenoxy) is 1. The molecule has 0 unspecified atom stereocenters. The minimum Gasteiger partial charge on any atom is -0.461 e. The fourth-order valence-electron chi connectivity index (χ4n) is 4.04. The largest absolute Gasteiger partial charge is 0.461 e. The van der Waals surface area contributed by atoms with Crippen LogP contribution in [0.2, 0.25) is 0 Å². The van der Waals surface area contributed by atoms with Crippen molar-refractivity contribution in [2.24, 2.45) is 5.92 Å². The van der Waals surface area contributed by atoms with E-state index in [9.17, 15) is 13.2 Å². The van der Waals surface area contributed by atoms with Gasteiger partial charge in [0.1, 0.15) is 5.69 Å². The summed E-state index contributed by atoms with van der Waals surface area (Å²) in [5, 5.41) is 0. The molecule has 0 spiro atoms. The second-order valence-corrected chi connectivity index (χ2v) is 10.9. The molecule has 0 saturated heterocycles. The Morgan fingerprint density at radius 2 is 1.62 bits per heavy atom. The molecule has 6 nitrogen and oxygen atoms in total. The second kappa shape index (κ2) is 11.0. The van der Waals surface area contributed by atoms with Gasteiger partial charge < -0.3 is 9.72 Å². The highest BCUT2D eigenvalue weighted by Crippen LogP contribution is 2.26. The molecular weight excluding hydrogens is 448 g/mol. The van der Waals surface area contributed by atoms with Gasteiger partial charge in [-0.3, -0.25) is 0 Å². The smallest absolute Gasteiger partial charge is 0.355 e. The van der Waals surface area contributed by atoms with Gasteiger partial charge in [-0.1, -0.05) is 56.3 Å². The third-order valence-corrected chi connectivity index (χ3v) is 7.62. The van der Waals surface area contributed by atoms with Crippen LogP contribution in [0.3, 0.4) is 0 Å². The first kappa shape index (κ1) is 25.7. The van der Waals surface area contributed by atoms with Crippen LogP contribution < -0.4 is 0 Å². The van der Waals surface area contributed by atoms with Crippen molar-refractivity contribution in [3.05, 3.63) is 88.2 Å². The van der Waals surface area contributed by atoms with E-state index in [1.807, 2.05) is 56.3 Å². The molecule has 0 atom stereocenters. The van der Waals surface area contributed by atoms with E-state index in [4.69, 9.17) is 4.74 Å². The Kier molecular flexibility index (Phi) is 8.33. The minimum atomic E-state index is -3.79. The first-order valence-electron chi connectivity index (χ1n) is 11.6. The van der Waals surface area contributed by atoms with Gasteiger partial charge >= 0.3 is 5.97 Å². The second-order valence-electron chi connectivity index (χ2n) is 8.95. The van der Waals surface area contributed by atoms with Crippen molar-refractivity contribution in [3.8, 4) is 0 Å². The van der Waals surface area contributed by atoms with Gasteiger partial charge in [0.15, 0.2) is 0 Å². The van der Waals surface area contributed by atoms with E-state index in [1.54, 1.807) is 19.1 Å². The quantitative estimate of drug-likeness (QED) is 0.393. The van der Waals surface area contributed by atoms with Crippen LogP contribution in [-0.2, 0) is 34.3 Å². The summed E-state index contributed by atoms with van der Waals surface area (Å²) in [7, 11) is -3.79. The number of nitrogens with one attached hydrogen (secondary N) is 1. The normalized spacial score (nSPS) is 11.9. The summed E-state index contributed by atoms with van der Waals surface area (Å²) in [5.74, 6) is 0.0535. The number of aromatic amines is 1. The summed E-state index contributed by atoms with van der Waals surface area (Å²) in [6, 6.07) is 16.7. The van der Waals surface area contributed by atoms with E-state index in [2.05, 4.69) is 18.8 Å². The SMILES string of the molecule is CCOC(=O)c1[nH]c(C)c(CN(Cc2ccccc2)S(=O)(=O)c2ccc(CC(C)C)cc2)c1C. The number of carbonyl (C=O) groups excluding carboxylic acids is 1. The predicted molar refractivity (Wildman–Crippen MR) is 134 cm³/mol. The summed E-state index contributed by atoms with van der Waals surface area (Å²) in [6.07, 6.45) is 0.895. The summed E-state index contributed by atoms with van der Waals surface area (Å²) in [4.78, 5) is 15.7. The zero-order valence-electron chi connectivity index (χ0n) is 20.6. The molecule has 0 aliphatic carbocycles. The molecule has 1 aromatic heterocycles. The number of sulfonamides is 1. The van der Waals surface area contributed by atoms with E-state index >= 15 is 0 Å². The Labute approximate surface area is 203 Å². The molecule has 1 heterocycles. The van der Waals surface area contributed by atoms with Gasteiger partial charge in [0, 0.05) is 18.8 Å². The molecule has 0 radical (unpaired) electrons. The Balaban J connectivity index is 1.99. The number of aromatic nitrogens is 1. The van der Waals surface area contributed by atoms with Crippen molar-refractivity contribution < 1.29 is 17.9 Å². The standard InChI is InChI=1S/C27H34N2O4S/c1-6-33-27(30)26-20(4)25(21(5)28-26)18-29(17-23-10-8-7-9-11-23)34(31,32)24-14-12-22(13-15-24)16-19(2)3/h7-15,19,28H,6,16-18H2,1-5H3. The number of nitrogens with zero attached hydrogens (tertiary/aromatic N) is 1. The maximum absolute atomic E-state index is 13.8. The van der Waals surface area contributed by atoms with Gasteiger partial charge in [-0.25, -0.2) is 13.2 Å². The Bertz CT molecular complexity index is 1210. The molecule has 0 bridgehead atoms. The predicted octanol–water partition coefficient (Wildman–Crippen LogP) is 5.40. The lowest BCUT2D eigenvalue weighted by Crippen LogP contribution is -2.30. The summed E-state index contributed by atoms with van der Waals surface area (Å²) >= 11 is 0. The lowest BCUT2D eigenvalue weighted by molar-refractivity contribution is 0.0519. The highest BCUT2D eigenvalue weighted by atomic mass is 32.2. The molecule has 0 aliphatic rings. The van der Waals surface area contributed by atoms with Crippen LogP contribution >= 0.6 is 0 Å². The number of carbonyl (C=O) groups is 1. The third-order valence-electron chi connectivity index (χ3n) is 5.81. The molecule has 0 fully saturated rings. The highest BCUT2D eigenvalue weighted by molar-refractivity contribution is 7.89. The number of H-pyrrole nitrogens is 1. The van der Waals surface area contributed by atoms with Crippen LogP contribution in [0.15, 0.2) is 59.5 Å². The van der Waals surface area contributed by atoms with Gasteiger partial charge in [-0.2, -0.15) is 4.31 Å².